The van der Waals surface area contributed by atoms with Crippen LogP contribution in [0.25, 0.3) is 16.6 Å². The van der Waals surface area contributed by atoms with E-state index in [1.54, 1.807) is 43.6 Å². The number of carbonyl (C=O) groups excluding carboxylic acids is 2. The van der Waals surface area contributed by atoms with Gasteiger partial charge in [0.25, 0.3) is 11.5 Å². The van der Waals surface area contributed by atoms with Gasteiger partial charge in [-0.3, -0.25) is 23.9 Å². The first-order valence-electron chi connectivity index (χ1n) is 13.4. The lowest BCUT2D eigenvalue weighted by Gasteiger charge is -2.21. The number of Topliss-reactive ketones (excluding diaryl/α,β-unsaturated/α-hetero) is 1. The molecule has 3 aromatic heterocycles. The number of amides is 1. The van der Waals surface area contributed by atoms with E-state index < -0.39 is 17.3 Å². The smallest absolute Gasteiger partial charge is 0.268 e. The van der Waals surface area contributed by atoms with Gasteiger partial charge in [-0.05, 0) is 61.4 Å². The Balaban J connectivity index is 1.28. The van der Waals surface area contributed by atoms with Crippen LogP contribution in [-0.2, 0) is 6.42 Å². The second kappa shape index (κ2) is 11.4. The molecule has 0 saturated carbocycles. The zero-order valence-electron chi connectivity index (χ0n) is 23.2. The molecular formula is C32H25FN4O6. The third-order valence-electron chi connectivity index (χ3n) is 7.14. The molecule has 11 heteroatoms. The lowest BCUT2D eigenvalue weighted by atomic mass is 9.92. The van der Waals surface area contributed by atoms with Crippen molar-refractivity contribution in [2.45, 2.75) is 19.3 Å². The molecule has 3 heterocycles. The molecular weight excluding hydrogens is 555 g/mol. The van der Waals surface area contributed by atoms with Crippen LogP contribution in [0.4, 0.5) is 10.2 Å². The number of rotatable bonds is 7. The van der Waals surface area contributed by atoms with E-state index in [1.165, 1.54) is 48.2 Å². The first-order chi connectivity index (χ1) is 20.9. The molecule has 1 amide bonds. The Hall–Kier alpha value is -5.58. The lowest BCUT2D eigenvalue weighted by Crippen LogP contribution is -2.33. The fraction of sp³-hybridized carbons (Fsp3) is 0.156. The van der Waals surface area contributed by atoms with E-state index in [-0.39, 0.29) is 28.4 Å². The van der Waals surface area contributed by atoms with Crippen molar-refractivity contribution >= 4 is 28.4 Å². The van der Waals surface area contributed by atoms with Crippen molar-refractivity contribution in [1.29, 1.82) is 0 Å². The van der Waals surface area contributed by atoms with Gasteiger partial charge in [-0.25, -0.2) is 9.37 Å². The highest BCUT2D eigenvalue weighted by atomic mass is 19.1. The Morgan fingerprint density at radius 2 is 1.74 bits per heavy atom. The van der Waals surface area contributed by atoms with E-state index in [4.69, 9.17) is 14.2 Å². The monoisotopic (exact) mass is 580 g/mol. The number of pyridine rings is 3. The predicted molar refractivity (Wildman–Crippen MR) is 156 cm³/mol. The number of methoxy groups -OCH3 is 2. The standard InChI is InChI=1S/C32H25FN4O6/c1-41-28-15-21-24(16-29(28)42-2)34-12-11-27(21)43-20-9-10-30(35-17-20)36-31(39)23-14-22-25(7-4-8-26(22)38)37(32(23)40)19-6-3-5-18(33)13-19/h3,5-6,9-17H,4,7-8H2,1-2H3,(H,35,36,39). The van der Waals surface area contributed by atoms with Gasteiger partial charge in [0, 0.05) is 35.3 Å². The first kappa shape index (κ1) is 27.6. The summed E-state index contributed by atoms with van der Waals surface area (Å²) in [5, 5.41) is 3.30. The van der Waals surface area contributed by atoms with Crippen molar-refractivity contribution in [3.8, 4) is 28.7 Å². The maximum absolute atomic E-state index is 14.1. The van der Waals surface area contributed by atoms with E-state index >= 15 is 0 Å². The van der Waals surface area contributed by atoms with Crippen LogP contribution < -0.4 is 25.1 Å². The van der Waals surface area contributed by atoms with Crippen LogP contribution in [-0.4, -0.2) is 40.4 Å². The second-order valence-corrected chi connectivity index (χ2v) is 9.78. The minimum Gasteiger partial charge on any atom is -0.493 e. The molecule has 2 aromatic carbocycles. The predicted octanol–water partition coefficient (Wildman–Crippen LogP) is 5.50. The van der Waals surface area contributed by atoms with Crippen molar-refractivity contribution in [1.82, 2.24) is 14.5 Å². The number of hydrogen-bond donors (Lipinski definition) is 1. The van der Waals surface area contributed by atoms with Gasteiger partial charge in [-0.2, -0.15) is 0 Å². The molecule has 1 aliphatic carbocycles. The SMILES string of the molecule is COc1cc2nccc(Oc3ccc(NC(=O)c4cc5c(n(-c6cccc(F)c6)c4=O)CCCC5=O)nc3)c2cc1OC. The fourth-order valence-electron chi connectivity index (χ4n) is 5.10. The van der Waals surface area contributed by atoms with Gasteiger partial charge in [0.05, 0.1) is 31.6 Å². The number of ether oxygens (including phenoxy) is 3. The number of carbonyl (C=O) groups is 2. The van der Waals surface area contributed by atoms with Crippen molar-refractivity contribution in [3.63, 3.8) is 0 Å². The number of nitrogens with one attached hydrogen (secondary N) is 1. The van der Waals surface area contributed by atoms with Gasteiger partial charge in [-0.15, -0.1) is 0 Å². The Bertz CT molecular complexity index is 1960. The summed E-state index contributed by atoms with van der Waals surface area (Å²) < 4.78 is 32.1. The molecule has 0 fully saturated rings. The number of nitrogens with zero attached hydrogens (tertiary/aromatic N) is 3. The van der Waals surface area contributed by atoms with Crippen molar-refractivity contribution in [3.05, 3.63) is 106 Å². The maximum Gasteiger partial charge on any atom is 0.268 e. The quantitative estimate of drug-likeness (QED) is 0.268. The van der Waals surface area contributed by atoms with Crippen molar-refractivity contribution in [2.24, 2.45) is 0 Å². The second-order valence-electron chi connectivity index (χ2n) is 9.78. The number of halogens is 1. The van der Waals surface area contributed by atoms with Crippen LogP contribution in [0, 0.1) is 5.82 Å². The molecule has 0 aliphatic heterocycles. The molecule has 0 spiro atoms. The minimum absolute atomic E-state index is 0.157. The summed E-state index contributed by atoms with van der Waals surface area (Å²) in [5.74, 6) is 0.619. The number of ketones is 1. The van der Waals surface area contributed by atoms with E-state index in [0.717, 1.165) is 0 Å². The molecule has 0 bridgehead atoms. The Labute approximate surface area is 244 Å². The van der Waals surface area contributed by atoms with Crippen LogP contribution in [0.3, 0.4) is 0 Å². The van der Waals surface area contributed by atoms with Crippen LogP contribution in [0.2, 0.25) is 0 Å². The van der Waals surface area contributed by atoms with Crippen LogP contribution >= 0.6 is 0 Å². The third kappa shape index (κ3) is 5.28. The van der Waals surface area contributed by atoms with E-state index in [2.05, 4.69) is 15.3 Å². The summed E-state index contributed by atoms with van der Waals surface area (Å²) >= 11 is 0. The molecule has 0 saturated heterocycles. The van der Waals surface area contributed by atoms with Crippen LogP contribution in [0.5, 0.6) is 23.0 Å². The summed E-state index contributed by atoms with van der Waals surface area (Å²) in [6, 6.07) is 15.1. The number of fused-ring (bicyclic) bond motifs is 2. The maximum atomic E-state index is 14.1. The van der Waals surface area contributed by atoms with Gasteiger partial charge < -0.3 is 19.5 Å². The Morgan fingerprint density at radius 1 is 0.930 bits per heavy atom. The molecule has 1 aliphatic rings. The van der Waals surface area contributed by atoms with Gasteiger partial charge in [0.1, 0.15) is 28.7 Å². The topological polar surface area (TPSA) is 122 Å². The summed E-state index contributed by atoms with van der Waals surface area (Å²) in [4.78, 5) is 48.2. The highest BCUT2D eigenvalue weighted by molar-refractivity contribution is 6.06. The molecule has 10 nitrogen and oxygen atoms in total. The average Bonchev–Trinajstić information content (AvgIpc) is 3.01. The van der Waals surface area contributed by atoms with E-state index in [9.17, 15) is 18.8 Å². The van der Waals surface area contributed by atoms with Gasteiger partial charge in [-0.1, -0.05) is 6.07 Å². The van der Waals surface area contributed by atoms with Crippen molar-refractivity contribution in [2.75, 3.05) is 19.5 Å². The minimum atomic E-state index is -0.751. The fourth-order valence-corrected chi connectivity index (χ4v) is 5.10. The Kier molecular flexibility index (Phi) is 7.29. The highest BCUT2D eigenvalue weighted by Gasteiger charge is 2.26. The zero-order valence-corrected chi connectivity index (χ0v) is 23.2. The summed E-state index contributed by atoms with van der Waals surface area (Å²) in [7, 11) is 3.08. The number of aromatic nitrogens is 3. The average molecular weight is 581 g/mol. The molecule has 0 unspecified atom stereocenters. The van der Waals surface area contributed by atoms with Gasteiger partial charge in [0.15, 0.2) is 17.3 Å². The molecule has 0 atom stereocenters. The summed E-state index contributed by atoms with van der Waals surface area (Å²) in [6.07, 6.45) is 4.33. The number of hydrogen-bond acceptors (Lipinski definition) is 8. The van der Waals surface area contributed by atoms with Crippen LogP contribution in [0.1, 0.15) is 39.3 Å². The summed E-state index contributed by atoms with van der Waals surface area (Å²) in [6.45, 7) is 0. The molecule has 1 N–H and O–H groups in total. The van der Waals surface area contributed by atoms with E-state index in [1.807, 2.05) is 0 Å². The van der Waals surface area contributed by atoms with Crippen molar-refractivity contribution < 1.29 is 28.2 Å². The highest BCUT2D eigenvalue weighted by Crippen LogP contribution is 2.37. The van der Waals surface area contributed by atoms with E-state index in [0.29, 0.717) is 58.9 Å². The lowest BCUT2D eigenvalue weighted by molar-refractivity contribution is 0.0971. The molecule has 216 valence electrons. The molecule has 43 heavy (non-hydrogen) atoms. The summed E-state index contributed by atoms with van der Waals surface area (Å²) in [5.41, 5.74) is 0.698. The largest absolute Gasteiger partial charge is 0.493 e. The van der Waals surface area contributed by atoms with Gasteiger partial charge >= 0.3 is 0 Å². The molecule has 6 rings (SSSR count). The van der Waals surface area contributed by atoms with Gasteiger partial charge in [0.2, 0.25) is 0 Å². The third-order valence-corrected chi connectivity index (χ3v) is 7.14. The number of benzene rings is 2. The Morgan fingerprint density at radius 3 is 2.49 bits per heavy atom. The first-order valence-corrected chi connectivity index (χ1v) is 13.4. The molecule has 0 radical (unpaired) electrons. The van der Waals surface area contributed by atoms with Crippen LogP contribution in [0.15, 0.2) is 77.9 Å². The number of anilines is 1. The molecule has 5 aromatic rings. The zero-order chi connectivity index (χ0) is 30.1. The normalized spacial score (nSPS) is 12.5.